The number of hydrogen-bond donors (Lipinski definition) is 3. The van der Waals surface area contributed by atoms with E-state index in [4.69, 9.17) is 4.74 Å². The molecule has 0 spiro atoms. The van der Waals surface area contributed by atoms with Gasteiger partial charge in [-0.05, 0) is 51.4 Å². The van der Waals surface area contributed by atoms with E-state index < -0.39 is 12.1 Å². The number of allylic oxidation sites excluding steroid dienone is 3. The second kappa shape index (κ2) is 47.0. The number of unbranched alkanes of at least 4 members (excludes halogenated alkanes) is 33. The van der Waals surface area contributed by atoms with Gasteiger partial charge in [0.15, 0.2) is 0 Å². The lowest BCUT2D eigenvalue weighted by atomic mass is 10.0. The van der Waals surface area contributed by atoms with E-state index in [1.165, 1.54) is 167 Å². The molecule has 0 rings (SSSR count). The lowest BCUT2D eigenvalue weighted by molar-refractivity contribution is -0.143. The Kier molecular flexibility index (Phi) is 45.7. The SMILES string of the molecule is CCCCCCCCCCCCCCCCCCCC/C=C/C(O)C(CO)NC(=O)CCC/C=C\CCCCCCOC(=O)CCCCCCCCCCCCC. The second-order valence-electron chi connectivity index (χ2n) is 17.1. The number of carbonyl (C=O) groups excluding carboxylic acids is 2. The van der Waals surface area contributed by atoms with Gasteiger partial charge in [-0.15, -0.1) is 0 Å². The van der Waals surface area contributed by atoms with Crippen molar-refractivity contribution in [3.8, 4) is 0 Å². The lowest BCUT2D eigenvalue weighted by Crippen LogP contribution is -2.45. The number of aliphatic hydroxyl groups excluding tert-OH is 2. The van der Waals surface area contributed by atoms with Crippen LogP contribution in [-0.2, 0) is 14.3 Å². The largest absolute Gasteiger partial charge is 0.466 e. The molecule has 0 heterocycles. The molecule has 0 aliphatic carbocycles. The topological polar surface area (TPSA) is 95.9 Å². The molecule has 0 aliphatic rings. The van der Waals surface area contributed by atoms with Crippen LogP contribution in [0.4, 0.5) is 0 Å². The Bertz CT molecular complexity index is 889. The minimum atomic E-state index is -0.874. The summed E-state index contributed by atoms with van der Waals surface area (Å²) in [7, 11) is 0. The first-order chi connectivity index (χ1) is 28.0. The van der Waals surface area contributed by atoms with Gasteiger partial charge in [0.2, 0.25) is 5.91 Å². The second-order valence-corrected chi connectivity index (χ2v) is 17.1. The molecule has 0 fully saturated rings. The van der Waals surface area contributed by atoms with Gasteiger partial charge in [-0.1, -0.05) is 224 Å². The van der Waals surface area contributed by atoms with Crippen LogP contribution in [0.25, 0.3) is 0 Å². The van der Waals surface area contributed by atoms with Crippen LogP contribution in [0, 0.1) is 0 Å². The number of carbonyl (C=O) groups is 2. The van der Waals surface area contributed by atoms with Gasteiger partial charge in [-0.2, -0.15) is 0 Å². The number of rotatable bonds is 46. The maximum atomic E-state index is 12.4. The summed E-state index contributed by atoms with van der Waals surface area (Å²) in [5, 5.41) is 23.0. The molecule has 0 saturated carbocycles. The number of ether oxygens (including phenoxy) is 1. The van der Waals surface area contributed by atoms with Gasteiger partial charge in [-0.25, -0.2) is 0 Å². The molecule has 0 bridgehead atoms. The van der Waals surface area contributed by atoms with E-state index in [0.29, 0.717) is 19.4 Å². The average Bonchev–Trinajstić information content (AvgIpc) is 3.21. The van der Waals surface area contributed by atoms with Gasteiger partial charge >= 0.3 is 5.97 Å². The number of amides is 1. The highest BCUT2D eigenvalue weighted by molar-refractivity contribution is 5.76. The Balaban J connectivity index is 3.59. The van der Waals surface area contributed by atoms with Crippen LogP contribution in [0.5, 0.6) is 0 Å². The Morgan fingerprint density at radius 2 is 0.842 bits per heavy atom. The van der Waals surface area contributed by atoms with Crippen LogP contribution >= 0.6 is 0 Å². The molecule has 1 amide bonds. The van der Waals surface area contributed by atoms with Crippen LogP contribution in [-0.4, -0.2) is 47.4 Å². The standard InChI is InChI=1S/C51H97NO5/c1-3-5-7-9-11-13-15-16-17-18-19-20-21-22-23-25-27-31-35-39-43-49(54)48(47-53)52-50(55)44-40-36-32-28-26-30-34-38-42-46-57-51(56)45-41-37-33-29-24-14-12-10-8-6-4-2/h28,32,39,43,48-49,53-54H,3-27,29-31,33-38,40-42,44-47H2,1-2H3,(H,52,55)/b32-28-,43-39+. The smallest absolute Gasteiger partial charge is 0.305 e. The molecular weight excluding hydrogens is 707 g/mol. The minimum Gasteiger partial charge on any atom is -0.466 e. The van der Waals surface area contributed by atoms with E-state index in [9.17, 15) is 19.8 Å². The van der Waals surface area contributed by atoms with E-state index in [1.54, 1.807) is 6.08 Å². The minimum absolute atomic E-state index is 0.0383. The number of aliphatic hydroxyl groups is 2. The summed E-state index contributed by atoms with van der Waals surface area (Å²) < 4.78 is 5.42. The van der Waals surface area contributed by atoms with Crippen LogP contribution in [0.2, 0.25) is 0 Å². The number of hydrogen-bond acceptors (Lipinski definition) is 5. The molecule has 2 atom stereocenters. The zero-order valence-corrected chi connectivity index (χ0v) is 38.1. The summed E-state index contributed by atoms with van der Waals surface area (Å²) in [6, 6.07) is -0.664. The normalized spacial score (nSPS) is 12.8. The predicted octanol–water partition coefficient (Wildman–Crippen LogP) is 14.7. The van der Waals surface area contributed by atoms with Crippen LogP contribution in [0.3, 0.4) is 0 Å². The zero-order chi connectivity index (χ0) is 41.5. The summed E-state index contributed by atoms with van der Waals surface area (Å²) >= 11 is 0. The number of nitrogens with one attached hydrogen (secondary N) is 1. The summed E-state index contributed by atoms with van der Waals surface area (Å²) in [4.78, 5) is 24.4. The molecule has 0 radical (unpaired) electrons. The summed E-state index contributed by atoms with van der Waals surface area (Å²) in [6.07, 6.45) is 54.7. The Morgan fingerprint density at radius 3 is 1.28 bits per heavy atom. The Morgan fingerprint density at radius 1 is 0.474 bits per heavy atom. The van der Waals surface area contributed by atoms with Crippen molar-refractivity contribution in [3.63, 3.8) is 0 Å². The van der Waals surface area contributed by atoms with E-state index in [1.807, 2.05) is 6.08 Å². The molecule has 0 saturated heterocycles. The van der Waals surface area contributed by atoms with Gasteiger partial charge in [0, 0.05) is 12.8 Å². The first kappa shape index (κ1) is 55.3. The first-order valence-electron chi connectivity index (χ1n) is 25.1. The van der Waals surface area contributed by atoms with Crippen LogP contribution < -0.4 is 5.32 Å². The van der Waals surface area contributed by atoms with E-state index >= 15 is 0 Å². The van der Waals surface area contributed by atoms with Crippen molar-refractivity contribution in [2.75, 3.05) is 13.2 Å². The fourth-order valence-electron chi connectivity index (χ4n) is 7.58. The quantitative estimate of drug-likeness (QED) is 0.0324. The maximum Gasteiger partial charge on any atom is 0.305 e. The molecule has 57 heavy (non-hydrogen) atoms. The highest BCUT2D eigenvalue weighted by atomic mass is 16.5. The van der Waals surface area contributed by atoms with E-state index in [-0.39, 0.29) is 18.5 Å². The Labute approximate surface area is 354 Å². The highest BCUT2D eigenvalue weighted by Crippen LogP contribution is 2.16. The third kappa shape index (κ3) is 43.7. The highest BCUT2D eigenvalue weighted by Gasteiger charge is 2.17. The summed E-state index contributed by atoms with van der Waals surface area (Å²) in [5.74, 6) is -0.165. The van der Waals surface area contributed by atoms with Gasteiger partial charge < -0.3 is 20.3 Å². The van der Waals surface area contributed by atoms with Gasteiger partial charge in [0.25, 0.3) is 0 Å². The fourth-order valence-corrected chi connectivity index (χ4v) is 7.58. The van der Waals surface area contributed by atoms with Crippen molar-refractivity contribution < 1.29 is 24.5 Å². The van der Waals surface area contributed by atoms with Crippen LogP contribution in [0.15, 0.2) is 24.3 Å². The third-order valence-corrected chi connectivity index (χ3v) is 11.5. The Hall–Kier alpha value is -1.66. The predicted molar refractivity (Wildman–Crippen MR) is 246 cm³/mol. The van der Waals surface area contributed by atoms with Crippen molar-refractivity contribution in [1.82, 2.24) is 5.32 Å². The monoisotopic (exact) mass is 804 g/mol. The molecule has 0 aromatic heterocycles. The number of esters is 1. The average molecular weight is 804 g/mol. The summed E-state index contributed by atoms with van der Waals surface area (Å²) in [6.45, 7) is 4.81. The lowest BCUT2D eigenvalue weighted by Gasteiger charge is -2.19. The van der Waals surface area contributed by atoms with Crippen molar-refractivity contribution in [2.24, 2.45) is 0 Å². The van der Waals surface area contributed by atoms with Gasteiger partial charge in [-0.3, -0.25) is 9.59 Å². The van der Waals surface area contributed by atoms with Gasteiger partial charge in [0.1, 0.15) is 0 Å². The van der Waals surface area contributed by atoms with Crippen LogP contribution in [0.1, 0.15) is 264 Å². The van der Waals surface area contributed by atoms with Crippen molar-refractivity contribution in [1.29, 1.82) is 0 Å². The zero-order valence-electron chi connectivity index (χ0n) is 38.1. The van der Waals surface area contributed by atoms with Crippen molar-refractivity contribution in [3.05, 3.63) is 24.3 Å². The molecule has 3 N–H and O–H groups in total. The molecule has 6 nitrogen and oxygen atoms in total. The molecule has 2 unspecified atom stereocenters. The van der Waals surface area contributed by atoms with Gasteiger partial charge in [0.05, 0.1) is 25.4 Å². The molecule has 0 aromatic carbocycles. The molecule has 6 heteroatoms. The molecule has 0 aromatic rings. The fraction of sp³-hybridized carbons (Fsp3) is 0.882. The summed E-state index contributed by atoms with van der Waals surface area (Å²) in [5.41, 5.74) is 0. The molecular formula is C51H97NO5. The van der Waals surface area contributed by atoms with Crippen molar-refractivity contribution in [2.45, 2.75) is 276 Å². The van der Waals surface area contributed by atoms with E-state index in [0.717, 1.165) is 70.6 Å². The molecule has 0 aliphatic heterocycles. The van der Waals surface area contributed by atoms with Crippen molar-refractivity contribution >= 4 is 11.9 Å². The maximum absolute atomic E-state index is 12.4. The third-order valence-electron chi connectivity index (χ3n) is 11.5. The van der Waals surface area contributed by atoms with E-state index in [2.05, 4.69) is 31.3 Å². The molecule has 336 valence electrons. The first-order valence-corrected chi connectivity index (χ1v) is 25.1.